The first-order valence-corrected chi connectivity index (χ1v) is 5.48. The number of anilines is 1. The summed E-state index contributed by atoms with van der Waals surface area (Å²) in [7, 11) is 0. The third-order valence-electron chi connectivity index (χ3n) is 2.38. The highest BCUT2D eigenvalue weighted by Gasteiger charge is 2.14. The second-order valence-electron chi connectivity index (χ2n) is 3.98. The van der Waals surface area contributed by atoms with Gasteiger partial charge in [-0.2, -0.15) is 5.10 Å². The van der Waals surface area contributed by atoms with Crippen molar-refractivity contribution in [2.45, 2.75) is 13.8 Å². The number of halogens is 1. The quantitative estimate of drug-likeness (QED) is 0.892. The van der Waals surface area contributed by atoms with Crippen LogP contribution in [0.3, 0.4) is 0 Å². The van der Waals surface area contributed by atoms with E-state index in [1.807, 2.05) is 0 Å². The van der Waals surface area contributed by atoms with Gasteiger partial charge < -0.3 is 5.32 Å². The maximum Gasteiger partial charge on any atom is 0.277 e. The van der Waals surface area contributed by atoms with Gasteiger partial charge in [-0.25, -0.2) is 4.39 Å². The molecule has 19 heavy (non-hydrogen) atoms. The van der Waals surface area contributed by atoms with Gasteiger partial charge in [0.2, 0.25) is 0 Å². The number of amides is 1. The fraction of sp³-hybridized carbons (Fsp3) is 0.167. The lowest BCUT2D eigenvalue weighted by Crippen LogP contribution is -2.15. The molecule has 1 amide bonds. The molecule has 0 aliphatic carbocycles. The number of hydrogen-bond donors (Lipinski definition) is 1. The molecule has 2 aromatic rings. The summed E-state index contributed by atoms with van der Waals surface area (Å²) in [6.45, 7) is 3.01. The van der Waals surface area contributed by atoms with Crippen molar-refractivity contribution < 1.29 is 14.0 Å². The summed E-state index contributed by atoms with van der Waals surface area (Å²) < 4.78 is 13.5. The van der Waals surface area contributed by atoms with Crippen molar-refractivity contribution in [3.8, 4) is 0 Å². The Balaban J connectivity index is 2.18. The number of nitrogens with zero attached hydrogens (tertiary/aromatic N) is 3. The zero-order valence-electron chi connectivity index (χ0n) is 10.3. The largest absolute Gasteiger partial charge is 0.318 e. The van der Waals surface area contributed by atoms with Crippen LogP contribution in [0.15, 0.2) is 24.4 Å². The summed E-state index contributed by atoms with van der Waals surface area (Å²) in [5.74, 6) is -1.58. The number of benzene rings is 1. The average Bonchev–Trinajstić information content (AvgIpc) is 2.82. The summed E-state index contributed by atoms with van der Waals surface area (Å²) in [5.41, 5.74) is 0.737. The molecular formula is C12H11FN4O2. The van der Waals surface area contributed by atoms with Crippen molar-refractivity contribution in [2.75, 3.05) is 5.32 Å². The molecule has 0 unspecified atom stereocenters. The number of hydrogen-bond acceptors (Lipinski definition) is 4. The summed E-state index contributed by atoms with van der Waals surface area (Å²) >= 11 is 0. The van der Waals surface area contributed by atoms with Crippen LogP contribution in [0, 0.1) is 12.7 Å². The lowest BCUT2D eigenvalue weighted by Gasteiger charge is -2.04. The van der Waals surface area contributed by atoms with Crippen LogP contribution in [0.1, 0.15) is 27.8 Å². The van der Waals surface area contributed by atoms with Gasteiger partial charge in [0.1, 0.15) is 5.82 Å². The first kappa shape index (κ1) is 12.9. The lowest BCUT2D eigenvalue weighted by molar-refractivity contribution is 0.0902. The molecule has 1 aromatic heterocycles. The molecule has 2 rings (SSSR count). The van der Waals surface area contributed by atoms with E-state index in [9.17, 15) is 14.0 Å². The summed E-state index contributed by atoms with van der Waals surface area (Å²) in [6, 6.07) is 4.44. The number of nitrogens with one attached hydrogen (secondary N) is 1. The fourth-order valence-corrected chi connectivity index (χ4v) is 1.43. The van der Waals surface area contributed by atoms with E-state index in [1.165, 1.54) is 19.1 Å². The standard InChI is InChI=1S/C12H11FN4O2/c1-7-3-4-10(9(13)5-7)15-12(19)11-6-14-17(16-11)8(2)18/h3-6H,1-2H3,(H,15,19). The van der Waals surface area contributed by atoms with Crippen LogP contribution in [-0.2, 0) is 0 Å². The molecule has 7 heteroatoms. The van der Waals surface area contributed by atoms with Gasteiger partial charge in [-0.1, -0.05) is 6.07 Å². The third-order valence-corrected chi connectivity index (χ3v) is 2.38. The van der Waals surface area contributed by atoms with Crippen molar-refractivity contribution in [3.05, 3.63) is 41.5 Å². The SMILES string of the molecule is CC(=O)n1ncc(C(=O)Nc2ccc(C)cc2F)n1. The van der Waals surface area contributed by atoms with E-state index >= 15 is 0 Å². The fourth-order valence-electron chi connectivity index (χ4n) is 1.43. The molecule has 1 N–H and O–H groups in total. The zero-order valence-corrected chi connectivity index (χ0v) is 10.3. The van der Waals surface area contributed by atoms with E-state index in [1.54, 1.807) is 13.0 Å². The van der Waals surface area contributed by atoms with E-state index in [4.69, 9.17) is 0 Å². The van der Waals surface area contributed by atoms with Gasteiger partial charge in [0.05, 0.1) is 11.9 Å². The molecule has 0 atom stereocenters. The predicted molar refractivity (Wildman–Crippen MR) is 65.4 cm³/mol. The first-order valence-electron chi connectivity index (χ1n) is 5.48. The Labute approximate surface area is 108 Å². The second-order valence-corrected chi connectivity index (χ2v) is 3.98. The second kappa shape index (κ2) is 4.97. The molecule has 0 bridgehead atoms. The monoisotopic (exact) mass is 262 g/mol. The van der Waals surface area contributed by atoms with Crippen molar-refractivity contribution in [1.82, 2.24) is 15.0 Å². The molecule has 1 heterocycles. The number of aryl methyl sites for hydroxylation is 1. The van der Waals surface area contributed by atoms with Crippen molar-refractivity contribution in [2.24, 2.45) is 0 Å². The van der Waals surface area contributed by atoms with Gasteiger partial charge in [-0.05, 0) is 24.6 Å². The Kier molecular flexibility index (Phi) is 3.37. The summed E-state index contributed by atoms with van der Waals surface area (Å²) in [6.07, 6.45) is 1.14. The molecule has 0 saturated heterocycles. The third kappa shape index (κ3) is 2.82. The Morgan fingerprint density at radius 3 is 2.68 bits per heavy atom. The van der Waals surface area contributed by atoms with Gasteiger partial charge in [-0.3, -0.25) is 9.59 Å². The van der Waals surface area contributed by atoms with Crippen LogP contribution in [-0.4, -0.2) is 26.8 Å². The number of rotatable bonds is 2. The van der Waals surface area contributed by atoms with E-state index in [0.717, 1.165) is 16.6 Å². The summed E-state index contributed by atoms with van der Waals surface area (Å²) in [5, 5.41) is 9.66. The number of carbonyl (C=O) groups excluding carboxylic acids is 2. The van der Waals surface area contributed by atoms with Crippen molar-refractivity contribution >= 4 is 17.5 Å². The van der Waals surface area contributed by atoms with Crippen molar-refractivity contribution in [1.29, 1.82) is 0 Å². The molecule has 98 valence electrons. The first-order chi connectivity index (χ1) is 8.97. The Hall–Kier alpha value is -2.57. The minimum Gasteiger partial charge on any atom is -0.318 e. The Bertz CT molecular complexity index is 651. The van der Waals surface area contributed by atoms with Crippen LogP contribution < -0.4 is 5.32 Å². The smallest absolute Gasteiger partial charge is 0.277 e. The average molecular weight is 262 g/mol. The summed E-state index contributed by atoms with van der Waals surface area (Å²) in [4.78, 5) is 23.6. The highest BCUT2D eigenvalue weighted by Crippen LogP contribution is 2.15. The molecule has 0 saturated carbocycles. The van der Waals surface area contributed by atoms with Gasteiger partial charge in [-0.15, -0.1) is 9.90 Å². The molecule has 0 aliphatic heterocycles. The van der Waals surface area contributed by atoms with Crippen LogP contribution >= 0.6 is 0 Å². The molecule has 0 aliphatic rings. The van der Waals surface area contributed by atoms with Gasteiger partial charge in [0.25, 0.3) is 11.8 Å². The zero-order chi connectivity index (χ0) is 14.0. The Morgan fingerprint density at radius 2 is 2.11 bits per heavy atom. The Morgan fingerprint density at radius 1 is 1.37 bits per heavy atom. The molecule has 0 spiro atoms. The maximum absolute atomic E-state index is 13.5. The predicted octanol–water partition coefficient (Wildman–Crippen LogP) is 1.64. The lowest BCUT2D eigenvalue weighted by atomic mass is 10.2. The van der Waals surface area contributed by atoms with E-state index in [-0.39, 0.29) is 11.4 Å². The molecular weight excluding hydrogens is 251 g/mol. The van der Waals surface area contributed by atoms with Gasteiger partial charge >= 0.3 is 0 Å². The molecule has 6 nitrogen and oxygen atoms in total. The van der Waals surface area contributed by atoms with E-state index in [2.05, 4.69) is 15.5 Å². The topological polar surface area (TPSA) is 76.9 Å². The van der Waals surface area contributed by atoms with Gasteiger partial charge in [0.15, 0.2) is 5.69 Å². The van der Waals surface area contributed by atoms with E-state index in [0.29, 0.717) is 0 Å². The highest BCUT2D eigenvalue weighted by molar-refractivity contribution is 6.02. The molecule has 0 radical (unpaired) electrons. The maximum atomic E-state index is 13.5. The van der Waals surface area contributed by atoms with Gasteiger partial charge in [0, 0.05) is 6.92 Å². The van der Waals surface area contributed by atoms with Crippen molar-refractivity contribution in [3.63, 3.8) is 0 Å². The van der Waals surface area contributed by atoms with Crippen LogP contribution in [0.2, 0.25) is 0 Å². The van der Waals surface area contributed by atoms with Crippen LogP contribution in [0.4, 0.5) is 10.1 Å². The minimum atomic E-state index is -0.629. The minimum absolute atomic E-state index is 0.0491. The van der Waals surface area contributed by atoms with E-state index < -0.39 is 17.6 Å². The highest BCUT2D eigenvalue weighted by atomic mass is 19.1. The number of carbonyl (C=O) groups is 2. The normalized spacial score (nSPS) is 10.3. The molecule has 0 fully saturated rings. The molecule has 1 aromatic carbocycles. The van der Waals surface area contributed by atoms with Crippen LogP contribution in [0.25, 0.3) is 0 Å². The van der Waals surface area contributed by atoms with Crippen LogP contribution in [0.5, 0.6) is 0 Å². The number of aromatic nitrogens is 3.